The second-order valence-corrected chi connectivity index (χ2v) is 10.6. The molecule has 200 valence electrons. The van der Waals surface area contributed by atoms with E-state index in [1.807, 2.05) is 32.3 Å². The van der Waals surface area contributed by atoms with Gasteiger partial charge in [-0.3, -0.25) is 9.69 Å². The van der Waals surface area contributed by atoms with Gasteiger partial charge < -0.3 is 19.7 Å². The highest BCUT2D eigenvalue weighted by Crippen LogP contribution is 2.45. The normalized spacial score (nSPS) is 24.3. The molecule has 1 amide bonds. The standard InChI is InChI=1S/C32H39N3O3/c1-34(2)32(36)27-20-24-17-18-35(27)31(29(22-11-7-5-8-12-22)23-13-9-6-10-14-23)30(24)33-21-25-19-26(37-3)15-16-28(25)38-4/h5-16,19,24,27,29-31,33H,17-18,20-21H2,1-4H3/t24?,27?,30?,31-/m1/s1. The zero-order valence-corrected chi connectivity index (χ0v) is 22.8. The summed E-state index contributed by atoms with van der Waals surface area (Å²) in [6, 6.07) is 27.7. The van der Waals surface area contributed by atoms with Crippen LogP contribution in [0.4, 0.5) is 0 Å². The van der Waals surface area contributed by atoms with E-state index in [1.165, 1.54) is 11.1 Å². The van der Waals surface area contributed by atoms with Gasteiger partial charge in [0.25, 0.3) is 0 Å². The highest BCUT2D eigenvalue weighted by Gasteiger charge is 2.52. The number of nitrogens with one attached hydrogen (secondary N) is 1. The van der Waals surface area contributed by atoms with Crippen LogP contribution in [-0.2, 0) is 11.3 Å². The third-order valence-corrected chi connectivity index (χ3v) is 8.34. The highest BCUT2D eigenvalue weighted by atomic mass is 16.5. The number of hydrogen-bond donors (Lipinski definition) is 1. The molecule has 3 saturated heterocycles. The summed E-state index contributed by atoms with van der Waals surface area (Å²) in [5, 5.41) is 3.95. The Bertz CT molecular complexity index is 1180. The van der Waals surface area contributed by atoms with E-state index in [0.717, 1.165) is 36.4 Å². The number of rotatable bonds is 9. The number of likely N-dealkylation sites (N-methyl/N-ethyl adjacent to an activating group) is 1. The van der Waals surface area contributed by atoms with Gasteiger partial charge in [0.1, 0.15) is 11.5 Å². The zero-order chi connectivity index (χ0) is 26.6. The fraction of sp³-hybridized carbons (Fsp3) is 0.406. The zero-order valence-electron chi connectivity index (χ0n) is 22.8. The maximum Gasteiger partial charge on any atom is 0.239 e. The van der Waals surface area contributed by atoms with Crippen LogP contribution in [0, 0.1) is 5.92 Å². The van der Waals surface area contributed by atoms with Crippen molar-refractivity contribution >= 4 is 5.91 Å². The molecule has 3 aromatic rings. The number of hydrogen-bond acceptors (Lipinski definition) is 5. The van der Waals surface area contributed by atoms with Crippen molar-refractivity contribution in [3.8, 4) is 11.5 Å². The molecule has 6 rings (SSSR count). The largest absolute Gasteiger partial charge is 0.497 e. The Kier molecular flexibility index (Phi) is 8.01. The van der Waals surface area contributed by atoms with Crippen LogP contribution in [0.25, 0.3) is 0 Å². The van der Waals surface area contributed by atoms with Crippen molar-refractivity contribution in [1.29, 1.82) is 0 Å². The predicted octanol–water partition coefficient (Wildman–Crippen LogP) is 4.55. The van der Waals surface area contributed by atoms with Gasteiger partial charge in [0, 0.05) is 44.2 Å². The van der Waals surface area contributed by atoms with E-state index in [1.54, 1.807) is 19.1 Å². The van der Waals surface area contributed by atoms with Crippen LogP contribution in [0.2, 0.25) is 0 Å². The lowest BCUT2D eigenvalue weighted by Gasteiger charge is -2.57. The minimum atomic E-state index is -0.104. The molecule has 3 aliphatic heterocycles. The number of carbonyl (C=O) groups is 1. The van der Waals surface area contributed by atoms with E-state index < -0.39 is 0 Å². The number of fused-ring (bicyclic) bond motifs is 3. The summed E-state index contributed by atoms with van der Waals surface area (Å²) < 4.78 is 11.2. The van der Waals surface area contributed by atoms with Crippen molar-refractivity contribution in [2.45, 2.75) is 43.4 Å². The number of piperidine rings is 3. The van der Waals surface area contributed by atoms with Crippen LogP contribution in [0.3, 0.4) is 0 Å². The number of benzene rings is 3. The van der Waals surface area contributed by atoms with E-state index in [2.05, 4.69) is 70.9 Å². The van der Waals surface area contributed by atoms with Gasteiger partial charge >= 0.3 is 0 Å². The minimum Gasteiger partial charge on any atom is -0.497 e. The summed E-state index contributed by atoms with van der Waals surface area (Å²) >= 11 is 0. The minimum absolute atomic E-state index is 0.104. The molecule has 0 aliphatic carbocycles. The lowest BCUT2D eigenvalue weighted by Crippen LogP contribution is -2.69. The number of ether oxygens (including phenoxy) is 2. The molecule has 0 saturated carbocycles. The van der Waals surface area contributed by atoms with Gasteiger partial charge in [-0.25, -0.2) is 0 Å². The Morgan fingerprint density at radius 2 is 1.63 bits per heavy atom. The molecule has 3 fully saturated rings. The van der Waals surface area contributed by atoms with Gasteiger partial charge in [0.15, 0.2) is 0 Å². The van der Waals surface area contributed by atoms with Gasteiger partial charge in [0.2, 0.25) is 5.91 Å². The van der Waals surface area contributed by atoms with Crippen LogP contribution < -0.4 is 14.8 Å². The number of nitrogens with zero attached hydrogens (tertiary/aromatic N) is 2. The molecule has 0 spiro atoms. The van der Waals surface area contributed by atoms with Crippen molar-refractivity contribution in [2.24, 2.45) is 5.92 Å². The quantitative estimate of drug-likeness (QED) is 0.455. The van der Waals surface area contributed by atoms with Gasteiger partial charge in [0.05, 0.1) is 20.3 Å². The van der Waals surface area contributed by atoms with Crippen molar-refractivity contribution in [3.63, 3.8) is 0 Å². The first kappa shape index (κ1) is 26.3. The summed E-state index contributed by atoms with van der Waals surface area (Å²) in [5.41, 5.74) is 3.62. The Hall–Kier alpha value is -3.35. The Morgan fingerprint density at radius 1 is 0.974 bits per heavy atom. The second-order valence-electron chi connectivity index (χ2n) is 10.6. The first-order valence-electron chi connectivity index (χ1n) is 13.5. The summed E-state index contributed by atoms with van der Waals surface area (Å²) in [4.78, 5) is 17.7. The Labute approximate surface area is 226 Å². The Balaban J connectivity index is 1.55. The van der Waals surface area contributed by atoms with Gasteiger partial charge in [-0.2, -0.15) is 0 Å². The molecular formula is C32H39N3O3. The molecule has 4 unspecified atom stereocenters. The predicted molar refractivity (Wildman–Crippen MR) is 151 cm³/mol. The molecule has 3 aromatic carbocycles. The molecule has 6 heteroatoms. The number of methoxy groups -OCH3 is 2. The average Bonchev–Trinajstić information content (AvgIpc) is 2.97. The van der Waals surface area contributed by atoms with E-state index >= 15 is 0 Å². The first-order valence-corrected chi connectivity index (χ1v) is 13.5. The van der Waals surface area contributed by atoms with Crippen LogP contribution in [0.15, 0.2) is 78.9 Å². The van der Waals surface area contributed by atoms with E-state index in [-0.39, 0.29) is 30.0 Å². The van der Waals surface area contributed by atoms with Crippen LogP contribution >= 0.6 is 0 Å². The summed E-state index contributed by atoms with van der Waals surface area (Å²) in [6.07, 6.45) is 1.95. The lowest BCUT2D eigenvalue weighted by atomic mass is 9.68. The number of amides is 1. The summed E-state index contributed by atoms with van der Waals surface area (Å²) in [5.74, 6) is 2.39. The van der Waals surface area contributed by atoms with Crippen LogP contribution in [-0.4, -0.2) is 68.7 Å². The fourth-order valence-electron chi connectivity index (χ4n) is 6.56. The van der Waals surface area contributed by atoms with Crippen LogP contribution in [0.5, 0.6) is 11.5 Å². The molecule has 0 aromatic heterocycles. The number of carbonyl (C=O) groups excluding carboxylic acids is 1. The third-order valence-electron chi connectivity index (χ3n) is 8.34. The first-order chi connectivity index (χ1) is 18.5. The van der Waals surface area contributed by atoms with Gasteiger partial charge in [-0.15, -0.1) is 0 Å². The van der Waals surface area contributed by atoms with Gasteiger partial charge in [-0.05, 0) is 54.6 Å². The second kappa shape index (κ2) is 11.6. The topological polar surface area (TPSA) is 54.0 Å². The monoisotopic (exact) mass is 513 g/mol. The Morgan fingerprint density at radius 3 is 2.21 bits per heavy atom. The molecular weight excluding hydrogens is 474 g/mol. The molecule has 5 atom stereocenters. The average molecular weight is 514 g/mol. The third kappa shape index (κ3) is 5.16. The smallest absolute Gasteiger partial charge is 0.239 e. The molecule has 1 N–H and O–H groups in total. The van der Waals surface area contributed by atoms with Crippen molar-refractivity contribution < 1.29 is 14.3 Å². The molecule has 0 radical (unpaired) electrons. The molecule has 3 aliphatic rings. The van der Waals surface area contributed by atoms with Crippen molar-refractivity contribution in [3.05, 3.63) is 95.6 Å². The SMILES string of the molecule is COc1ccc(OC)c(CNC2C3CCN(C(C(=O)N(C)C)C3)[C@@H]2C(c2ccccc2)c2ccccc2)c1. The maximum atomic E-state index is 13.4. The summed E-state index contributed by atoms with van der Waals surface area (Å²) in [7, 11) is 7.14. The molecule has 38 heavy (non-hydrogen) atoms. The summed E-state index contributed by atoms with van der Waals surface area (Å²) in [6.45, 7) is 1.59. The van der Waals surface area contributed by atoms with E-state index in [9.17, 15) is 4.79 Å². The maximum absolute atomic E-state index is 13.4. The molecule has 2 bridgehead atoms. The van der Waals surface area contributed by atoms with Gasteiger partial charge in [-0.1, -0.05) is 60.7 Å². The molecule has 6 nitrogen and oxygen atoms in total. The van der Waals surface area contributed by atoms with E-state index in [0.29, 0.717) is 12.5 Å². The molecule has 3 heterocycles. The highest BCUT2D eigenvalue weighted by molar-refractivity contribution is 5.82. The van der Waals surface area contributed by atoms with Crippen molar-refractivity contribution in [1.82, 2.24) is 15.1 Å². The van der Waals surface area contributed by atoms with E-state index in [4.69, 9.17) is 9.47 Å². The fourth-order valence-corrected chi connectivity index (χ4v) is 6.56. The lowest BCUT2D eigenvalue weighted by molar-refractivity contribution is -0.143. The van der Waals surface area contributed by atoms with Crippen molar-refractivity contribution in [2.75, 3.05) is 34.9 Å². The van der Waals surface area contributed by atoms with Crippen LogP contribution in [0.1, 0.15) is 35.4 Å².